The molecule has 0 unspecified atom stereocenters. The van der Waals surface area contributed by atoms with Crippen LogP contribution in [0.25, 0.3) is 0 Å². The van der Waals surface area contributed by atoms with E-state index in [0.29, 0.717) is 17.8 Å². The van der Waals surface area contributed by atoms with Gasteiger partial charge in [0, 0.05) is 17.7 Å². The molecule has 5 heteroatoms. The van der Waals surface area contributed by atoms with Gasteiger partial charge in [-0.3, -0.25) is 4.79 Å². The maximum Gasteiger partial charge on any atom is 0.163 e. The van der Waals surface area contributed by atoms with Gasteiger partial charge in [-0.2, -0.15) is 10.4 Å². The molecule has 0 saturated heterocycles. The van der Waals surface area contributed by atoms with Gasteiger partial charge in [-0.25, -0.2) is 4.68 Å². The number of Topliss-reactive ketones (excluding diaryl/α,β-unsaturated/α-hetero) is 1. The van der Waals surface area contributed by atoms with Crippen LogP contribution in [-0.4, -0.2) is 15.6 Å². The quantitative estimate of drug-likeness (QED) is 0.876. The molecule has 2 aliphatic rings. The van der Waals surface area contributed by atoms with Gasteiger partial charge in [0.1, 0.15) is 23.5 Å². The maximum atomic E-state index is 12.5. The Hall–Kier alpha value is -2.87. The van der Waals surface area contributed by atoms with Crippen LogP contribution >= 0.6 is 0 Å². The number of allylic oxidation sites excluding steroid dienone is 2. The van der Waals surface area contributed by atoms with E-state index in [1.165, 1.54) is 0 Å². The lowest BCUT2D eigenvalue weighted by molar-refractivity contribution is -0.116. The summed E-state index contributed by atoms with van der Waals surface area (Å²) in [5.74, 6) is 0.854. The van der Waals surface area contributed by atoms with E-state index in [4.69, 9.17) is 0 Å². The molecule has 0 spiro atoms. The fraction of sp³-hybridized carbons (Fsp3) is 0.235. The fourth-order valence-electron chi connectivity index (χ4n) is 3.28. The molecule has 22 heavy (non-hydrogen) atoms. The number of aromatic nitrogens is 2. The average molecular weight is 290 g/mol. The molecular weight excluding hydrogens is 276 g/mol. The highest BCUT2D eigenvalue weighted by molar-refractivity contribution is 5.99. The molecule has 0 bridgehead atoms. The number of hydrogen-bond donors (Lipinski definition) is 1. The fourth-order valence-corrected chi connectivity index (χ4v) is 3.28. The summed E-state index contributed by atoms with van der Waals surface area (Å²) in [6.45, 7) is 0. The molecule has 0 saturated carbocycles. The first-order chi connectivity index (χ1) is 10.8. The molecule has 1 aromatic heterocycles. The van der Waals surface area contributed by atoms with Gasteiger partial charge in [-0.1, -0.05) is 30.3 Å². The summed E-state index contributed by atoms with van der Waals surface area (Å²) in [7, 11) is 0. The molecule has 1 aliphatic heterocycles. The van der Waals surface area contributed by atoms with Crippen LogP contribution in [0.1, 0.15) is 36.4 Å². The zero-order valence-electron chi connectivity index (χ0n) is 11.9. The van der Waals surface area contributed by atoms with Crippen molar-refractivity contribution >= 4 is 11.6 Å². The third-order valence-corrected chi connectivity index (χ3v) is 4.27. The number of nitrogens with one attached hydrogen (secondary N) is 1. The Balaban J connectivity index is 1.96. The lowest BCUT2D eigenvalue weighted by Crippen LogP contribution is -2.31. The number of fused-ring (bicyclic) bond motifs is 1. The van der Waals surface area contributed by atoms with E-state index < -0.39 is 0 Å². The van der Waals surface area contributed by atoms with Crippen LogP contribution in [0.5, 0.6) is 0 Å². The van der Waals surface area contributed by atoms with E-state index >= 15 is 0 Å². The number of anilines is 1. The molecule has 1 aromatic carbocycles. The Morgan fingerprint density at radius 2 is 2.09 bits per heavy atom. The highest BCUT2D eigenvalue weighted by atomic mass is 16.1. The van der Waals surface area contributed by atoms with Crippen molar-refractivity contribution in [2.24, 2.45) is 0 Å². The lowest BCUT2D eigenvalue weighted by Gasteiger charge is -2.33. The summed E-state index contributed by atoms with van der Waals surface area (Å²) in [5.41, 5.74) is 3.25. The molecule has 1 aliphatic carbocycles. The number of benzene rings is 1. The summed E-state index contributed by atoms with van der Waals surface area (Å²) >= 11 is 0. The van der Waals surface area contributed by atoms with Gasteiger partial charge >= 0.3 is 0 Å². The van der Waals surface area contributed by atoms with Crippen molar-refractivity contribution in [2.75, 3.05) is 5.32 Å². The lowest BCUT2D eigenvalue weighted by atomic mass is 9.85. The highest BCUT2D eigenvalue weighted by Gasteiger charge is 2.36. The molecule has 1 N–H and O–H groups in total. The van der Waals surface area contributed by atoms with Crippen LogP contribution < -0.4 is 5.32 Å². The average Bonchev–Trinajstić information content (AvgIpc) is 2.96. The Bertz CT molecular complexity index is 826. The molecule has 1 atom stereocenters. The molecule has 5 nitrogen and oxygen atoms in total. The van der Waals surface area contributed by atoms with Gasteiger partial charge in [-0.05, 0) is 18.4 Å². The normalized spacial score (nSPS) is 20.0. The van der Waals surface area contributed by atoms with Gasteiger partial charge in [0.2, 0.25) is 0 Å². The van der Waals surface area contributed by atoms with Crippen LogP contribution in [0.3, 0.4) is 0 Å². The monoisotopic (exact) mass is 290 g/mol. The van der Waals surface area contributed by atoms with Gasteiger partial charge in [0.05, 0.1) is 6.20 Å². The van der Waals surface area contributed by atoms with Gasteiger partial charge in [0.15, 0.2) is 5.78 Å². The smallest absolute Gasteiger partial charge is 0.163 e. The Labute approximate surface area is 127 Å². The zero-order valence-corrected chi connectivity index (χ0v) is 11.9. The summed E-state index contributed by atoms with van der Waals surface area (Å²) in [6, 6.07) is 11.8. The van der Waals surface area contributed by atoms with Crippen molar-refractivity contribution in [3.8, 4) is 6.07 Å². The molecule has 4 rings (SSSR count). The first kappa shape index (κ1) is 12.8. The Kier molecular flexibility index (Phi) is 2.83. The van der Waals surface area contributed by atoms with Crippen molar-refractivity contribution in [3.63, 3.8) is 0 Å². The third-order valence-electron chi connectivity index (χ3n) is 4.27. The van der Waals surface area contributed by atoms with E-state index in [1.807, 2.05) is 30.3 Å². The zero-order chi connectivity index (χ0) is 15.1. The molecular formula is C17H14N4O. The molecule has 2 aromatic rings. The maximum absolute atomic E-state index is 12.5. The number of ketones is 1. The topological polar surface area (TPSA) is 70.7 Å². The number of nitrogens with zero attached hydrogens (tertiary/aromatic N) is 3. The SMILES string of the molecule is N#Cc1cnn2c1NC1=C(C(=O)CCC1)[C@@H]2c1ccccc1. The van der Waals surface area contributed by atoms with E-state index in [9.17, 15) is 10.1 Å². The summed E-state index contributed by atoms with van der Waals surface area (Å²) in [4.78, 5) is 12.5. The van der Waals surface area contributed by atoms with Gasteiger partial charge in [0.25, 0.3) is 0 Å². The summed E-state index contributed by atoms with van der Waals surface area (Å²) in [5, 5.41) is 16.9. The second kappa shape index (κ2) is 4.85. The van der Waals surface area contributed by atoms with Crippen molar-refractivity contribution in [1.82, 2.24) is 9.78 Å². The third kappa shape index (κ3) is 1.77. The summed E-state index contributed by atoms with van der Waals surface area (Å²) < 4.78 is 1.76. The van der Waals surface area contributed by atoms with Crippen molar-refractivity contribution in [2.45, 2.75) is 25.3 Å². The predicted octanol–water partition coefficient (Wildman–Crippen LogP) is 2.78. The number of carbonyl (C=O) groups excluding carboxylic acids is 1. The van der Waals surface area contributed by atoms with Gasteiger partial charge < -0.3 is 5.32 Å². The Morgan fingerprint density at radius 1 is 1.27 bits per heavy atom. The standard InChI is InChI=1S/C17H14N4O/c18-9-12-10-19-21-16(11-5-2-1-3-6-11)15-13(20-17(12)21)7-4-8-14(15)22/h1-3,5-6,10,16,20H,4,7-8H2/t16-/m0/s1. The van der Waals surface area contributed by atoms with Crippen LogP contribution in [0.4, 0.5) is 5.82 Å². The number of carbonyl (C=O) groups is 1. The largest absolute Gasteiger partial charge is 0.342 e. The van der Waals surface area contributed by atoms with E-state index in [0.717, 1.165) is 29.7 Å². The van der Waals surface area contributed by atoms with Crippen molar-refractivity contribution < 1.29 is 4.79 Å². The first-order valence-electron chi connectivity index (χ1n) is 7.35. The van der Waals surface area contributed by atoms with Crippen LogP contribution in [0.15, 0.2) is 47.8 Å². The molecule has 108 valence electrons. The number of hydrogen-bond acceptors (Lipinski definition) is 4. The molecule has 2 heterocycles. The van der Waals surface area contributed by atoms with Crippen LogP contribution in [0, 0.1) is 11.3 Å². The molecule has 0 fully saturated rings. The van der Waals surface area contributed by atoms with Crippen LogP contribution in [-0.2, 0) is 4.79 Å². The second-order valence-corrected chi connectivity index (χ2v) is 5.57. The van der Waals surface area contributed by atoms with E-state index in [1.54, 1.807) is 10.9 Å². The minimum absolute atomic E-state index is 0.169. The highest BCUT2D eigenvalue weighted by Crippen LogP contribution is 2.41. The molecule has 0 radical (unpaired) electrons. The first-order valence-corrected chi connectivity index (χ1v) is 7.35. The summed E-state index contributed by atoms with van der Waals surface area (Å²) in [6.07, 6.45) is 3.81. The number of nitriles is 1. The van der Waals surface area contributed by atoms with Crippen molar-refractivity contribution in [1.29, 1.82) is 5.26 Å². The van der Waals surface area contributed by atoms with Crippen LogP contribution in [0.2, 0.25) is 0 Å². The van der Waals surface area contributed by atoms with E-state index in [2.05, 4.69) is 16.5 Å². The number of rotatable bonds is 1. The molecule has 0 amide bonds. The Morgan fingerprint density at radius 3 is 2.86 bits per heavy atom. The van der Waals surface area contributed by atoms with E-state index in [-0.39, 0.29) is 11.8 Å². The minimum Gasteiger partial charge on any atom is -0.342 e. The van der Waals surface area contributed by atoms with Gasteiger partial charge in [-0.15, -0.1) is 0 Å². The minimum atomic E-state index is -0.248. The van der Waals surface area contributed by atoms with Crippen molar-refractivity contribution in [3.05, 3.63) is 58.9 Å². The second-order valence-electron chi connectivity index (χ2n) is 5.57. The predicted molar refractivity (Wildman–Crippen MR) is 81.0 cm³/mol.